The largest absolute Gasteiger partial charge is 0.469 e. The molecule has 0 bridgehead atoms. The number of esters is 1. The molecule has 3 heteroatoms. The Hall–Kier alpha value is -0.570. The number of ether oxygens (including phenoxy) is 1. The van der Waals surface area contributed by atoms with E-state index in [1.807, 2.05) is 6.92 Å². The van der Waals surface area contributed by atoms with Crippen molar-refractivity contribution in [2.75, 3.05) is 13.7 Å². The second-order valence-electron chi connectivity index (χ2n) is 4.54. The third-order valence-electron chi connectivity index (χ3n) is 2.64. The molecule has 0 rings (SSSR count). The number of hydrogen-bond acceptors (Lipinski definition) is 3. The first-order valence-electron chi connectivity index (χ1n) is 5.24. The summed E-state index contributed by atoms with van der Waals surface area (Å²) < 4.78 is 4.74. The molecule has 0 amide bonds. The average molecular weight is 201 g/mol. The van der Waals surface area contributed by atoms with Crippen LogP contribution in [0.15, 0.2) is 0 Å². The maximum absolute atomic E-state index is 11.4. The van der Waals surface area contributed by atoms with Crippen molar-refractivity contribution in [1.82, 2.24) is 0 Å². The zero-order chi connectivity index (χ0) is 11.2. The first-order chi connectivity index (χ1) is 6.46. The molecule has 0 aromatic carbocycles. The van der Waals surface area contributed by atoms with Gasteiger partial charge in [0, 0.05) is 6.54 Å². The fraction of sp³-hybridized carbons (Fsp3) is 0.909. The summed E-state index contributed by atoms with van der Waals surface area (Å²) >= 11 is 0. The number of methoxy groups -OCH3 is 1. The number of rotatable bonds is 6. The highest BCUT2D eigenvalue weighted by Gasteiger charge is 2.32. The lowest BCUT2D eigenvalue weighted by Gasteiger charge is -2.24. The molecule has 1 atom stereocenters. The van der Waals surface area contributed by atoms with Crippen LogP contribution in [0.1, 0.15) is 40.0 Å². The molecular formula is C11H23NO2. The standard InChI is InChI=1S/C11H23NO2/c1-9(2)6-5-7-11(3,8-12)10(13)14-4/h9H,5-8,12H2,1-4H3. The van der Waals surface area contributed by atoms with E-state index >= 15 is 0 Å². The summed E-state index contributed by atoms with van der Waals surface area (Å²) in [4.78, 5) is 11.4. The summed E-state index contributed by atoms with van der Waals surface area (Å²) in [5.74, 6) is 0.485. The van der Waals surface area contributed by atoms with E-state index in [9.17, 15) is 4.79 Å². The molecule has 0 aliphatic rings. The Bertz CT molecular complexity index is 180. The quantitative estimate of drug-likeness (QED) is 0.668. The molecule has 14 heavy (non-hydrogen) atoms. The van der Waals surface area contributed by atoms with Gasteiger partial charge in [0.1, 0.15) is 0 Å². The average Bonchev–Trinajstić information content (AvgIpc) is 2.15. The van der Waals surface area contributed by atoms with Crippen LogP contribution in [0.4, 0.5) is 0 Å². The maximum Gasteiger partial charge on any atom is 0.312 e. The number of hydrogen-bond donors (Lipinski definition) is 1. The molecule has 0 heterocycles. The molecule has 0 radical (unpaired) electrons. The van der Waals surface area contributed by atoms with Crippen LogP contribution in [-0.4, -0.2) is 19.6 Å². The summed E-state index contributed by atoms with van der Waals surface area (Å²) in [6.45, 7) is 6.59. The SMILES string of the molecule is COC(=O)C(C)(CN)CCCC(C)C. The summed E-state index contributed by atoms with van der Waals surface area (Å²) in [5, 5.41) is 0. The molecule has 0 aromatic heterocycles. The highest BCUT2D eigenvalue weighted by molar-refractivity contribution is 5.76. The van der Waals surface area contributed by atoms with Crippen LogP contribution in [0.3, 0.4) is 0 Å². The zero-order valence-corrected chi connectivity index (χ0v) is 9.80. The van der Waals surface area contributed by atoms with E-state index in [4.69, 9.17) is 10.5 Å². The predicted octanol–water partition coefficient (Wildman–Crippen LogP) is 1.95. The smallest absolute Gasteiger partial charge is 0.312 e. The minimum absolute atomic E-state index is 0.191. The number of carbonyl (C=O) groups excluding carboxylic acids is 1. The Labute approximate surface area is 87.0 Å². The molecule has 2 N–H and O–H groups in total. The fourth-order valence-corrected chi connectivity index (χ4v) is 1.43. The summed E-state index contributed by atoms with van der Waals surface area (Å²) in [6.07, 6.45) is 2.97. The van der Waals surface area contributed by atoms with Crippen LogP contribution in [-0.2, 0) is 9.53 Å². The van der Waals surface area contributed by atoms with E-state index in [2.05, 4.69) is 13.8 Å². The molecule has 0 aliphatic carbocycles. The van der Waals surface area contributed by atoms with Crippen LogP contribution < -0.4 is 5.73 Å². The van der Waals surface area contributed by atoms with Gasteiger partial charge in [0.15, 0.2) is 0 Å². The van der Waals surface area contributed by atoms with E-state index in [-0.39, 0.29) is 5.97 Å². The van der Waals surface area contributed by atoms with Gasteiger partial charge in [-0.05, 0) is 19.3 Å². The molecule has 1 unspecified atom stereocenters. The highest BCUT2D eigenvalue weighted by atomic mass is 16.5. The monoisotopic (exact) mass is 201 g/mol. The van der Waals surface area contributed by atoms with Crippen LogP contribution in [0, 0.1) is 11.3 Å². The first-order valence-corrected chi connectivity index (χ1v) is 5.24. The van der Waals surface area contributed by atoms with Gasteiger partial charge < -0.3 is 10.5 Å². The minimum atomic E-state index is -0.496. The van der Waals surface area contributed by atoms with Crippen LogP contribution in [0.5, 0.6) is 0 Å². The molecule has 0 saturated heterocycles. The van der Waals surface area contributed by atoms with Gasteiger partial charge in [-0.2, -0.15) is 0 Å². The van der Waals surface area contributed by atoms with E-state index in [0.717, 1.165) is 19.3 Å². The van der Waals surface area contributed by atoms with Gasteiger partial charge >= 0.3 is 5.97 Å². The summed E-state index contributed by atoms with van der Waals surface area (Å²) in [5.41, 5.74) is 5.10. The third-order valence-corrected chi connectivity index (χ3v) is 2.64. The minimum Gasteiger partial charge on any atom is -0.469 e. The van der Waals surface area contributed by atoms with Gasteiger partial charge in [-0.1, -0.05) is 26.7 Å². The molecule has 0 spiro atoms. The molecule has 3 nitrogen and oxygen atoms in total. The topological polar surface area (TPSA) is 52.3 Å². The van der Waals surface area contributed by atoms with Crippen LogP contribution in [0.2, 0.25) is 0 Å². The molecular weight excluding hydrogens is 178 g/mol. The normalized spacial score (nSPS) is 15.3. The Kier molecular flexibility index (Phi) is 5.77. The maximum atomic E-state index is 11.4. The van der Waals surface area contributed by atoms with Crippen molar-refractivity contribution in [3.8, 4) is 0 Å². The van der Waals surface area contributed by atoms with Crippen molar-refractivity contribution in [3.05, 3.63) is 0 Å². The van der Waals surface area contributed by atoms with Gasteiger partial charge in [0.05, 0.1) is 12.5 Å². The number of nitrogens with two attached hydrogens (primary N) is 1. The van der Waals surface area contributed by atoms with Crippen molar-refractivity contribution in [3.63, 3.8) is 0 Å². The number of carbonyl (C=O) groups is 1. The zero-order valence-electron chi connectivity index (χ0n) is 9.80. The van der Waals surface area contributed by atoms with Crippen molar-refractivity contribution in [1.29, 1.82) is 0 Å². The molecule has 84 valence electrons. The molecule has 0 aromatic rings. The van der Waals surface area contributed by atoms with E-state index < -0.39 is 5.41 Å². The third kappa shape index (κ3) is 4.09. The van der Waals surface area contributed by atoms with Gasteiger partial charge in [0.25, 0.3) is 0 Å². The van der Waals surface area contributed by atoms with Crippen molar-refractivity contribution in [2.45, 2.75) is 40.0 Å². The van der Waals surface area contributed by atoms with Crippen molar-refractivity contribution >= 4 is 5.97 Å². The van der Waals surface area contributed by atoms with Crippen LogP contribution in [0.25, 0.3) is 0 Å². The Morgan fingerprint density at radius 1 is 1.50 bits per heavy atom. The molecule has 0 aliphatic heterocycles. The highest BCUT2D eigenvalue weighted by Crippen LogP contribution is 2.25. The summed E-state index contributed by atoms with van der Waals surface area (Å²) in [7, 11) is 1.42. The van der Waals surface area contributed by atoms with E-state index in [0.29, 0.717) is 12.5 Å². The lowest BCUT2D eigenvalue weighted by atomic mass is 9.84. The first kappa shape index (κ1) is 13.4. The van der Waals surface area contributed by atoms with E-state index in [1.54, 1.807) is 0 Å². The Morgan fingerprint density at radius 3 is 2.43 bits per heavy atom. The van der Waals surface area contributed by atoms with Gasteiger partial charge in [-0.3, -0.25) is 4.79 Å². The lowest BCUT2D eigenvalue weighted by molar-refractivity contribution is -0.151. The van der Waals surface area contributed by atoms with Crippen molar-refractivity contribution < 1.29 is 9.53 Å². The molecule has 0 saturated carbocycles. The second kappa shape index (κ2) is 6.02. The van der Waals surface area contributed by atoms with Gasteiger partial charge in [-0.15, -0.1) is 0 Å². The molecule has 0 fully saturated rings. The Morgan fingerprint density at radius 2 is 2.07 bits per heavy atom. The van der Waals surface area contributed by atoms with Gasteiger partial charge in [0.2, 0.25) is 0 Å². The van der Waals surface area contributed by atoms with Crippen LogP contribution >= 0.6 is 0 Å². The fourth-order valence-electron chi connectivity index (χ4n) is 1.43. The van der Waals surface area contributed by atoms with Gasteiger partial charge in [-0.25, -0.2) is 0 Å². The lowest BCUT2D eigenvalue weighted by Crippen LogP contribution is -2.36. The summed E-state index contributed by atoms with van der Waals surface area (Å²) in [6, 6.07) is 0. The Balaban J connectivity index is 4.06. The van der Waals surface area contributed by atoms with Crippen molar-refractivity contribution in [2.24, 2.45) is 17.1 Å². The predicted molar refractivity (Wildman–Crippen MR) is 57.9 cm³/mol. The van der Waals surface area contributed by atoms with E-state index in [1.165, 1.54) is 7.11 Å². The second-order valence-corrected chi connectivity index (χ2v) is 4.54.